The second-order valence-corrected chi connectivity index (χ2v) is 3.87. The molecular weight excluding hydrogens is 202 g/mol. The van der Waals surface area contributed by atoms with Crippen molar-refractivity contribution in [2.45, 2.75) is 6.42 Å². The van der Waals surface area contributed by atoms with E-state index in [1.165, 1.54) is 5.56 Å². The molecule has 0 aliphatic heterocycles. The van der Waals surface area contributed by atoms with Crippen molar-refractivity contribution in [3.05, 3.63) is 53.3 Å². The van der Waals surface area contributed by atoms with E-state index >= 15 is 0 Å². The number of carbonyl (C=O) groups is 1. The third kappa shape index (κ3) is 1.21. The maximum absolute atomic E-state index is 10.9. The Balaban J connectivity index is 2.22. The largest absolute Gasteiger partial charge is 0.477 e. The van der Waals surface area contributed by atoms with Crippen LogP contribution in [0.15, 0.2) is 36.5 Å². The van der Waals surface area contributed by atoms with Gasteiger partial charge in [0.1, 0.15) is 5.69 Å². The second-order valence-electron chi connectivity index (χ2n) is 3.87. The number of nitrogens with zero attached hydrogens (tertiary/aromatic N) is 1. The van der Waals surface area contributed by atoms with Gasteiger partial charge in [0.25, 0.3) is 0 Å². The van der Waals surface area contributed by atoms with Gasteiger partial charge < -0.3 is 5.11 Å². The van der Waals surface area contributed by atoms with E-state index in [1.54, 1.807) is 12.3 Å². The summed E-state index contributed by atoms with van der Waals surface area (Å²) >= 11 is 0. The summed E-state index contributed by atoms with van der Waals surface area (Å²) in [4.78, 5) is 14.8. The van der Waals surface area contributed by atoms with E-state index in [0.717, 1.165) is 23.1 Å². The molecule has 16 heavy (non-hydrogen) atoms. The number of hydrogen-bond donors (Lipinski definition) is 1. The Morgan fingerprint density at radius 1 is 1.19 bits per heavy atom. The van der Waals surface area contributed by atoms with Crippen molar-refractivity contribution in [1.82, 2.24) is 4.98 Å². The van der Waals surface area contributed by atoms with E-state index in [2.05, 4.69) is 11.1 Å². The minimum atomic E-state index is -0.979. The van der Waals surface area contributed by atoms with Gasteiger partial charge in [-0.1, -0.05) is 24.3 Å². The summed E-state index contributed by atoms with van der Waals surface area (Å²) in [6.45, 7) is 0. The molecule has 0 radical (unpaired) electrons. The lowest BCUT2D eigenvalue weighted by Crippen LogP contribution is -2.00. The summed E-state index contributed by atoms with van der Waals surface area (Å²) in [5, 5.41) is 8.90. The number of pyridine rings is 1. The quantitative estimate of drug-likeness (QED) is 0.672. The van der Waals surface area contributed by atoms with E-state index in [-0.39, 0.29) is 5.69 Å². The average molecular weight is 211 g/mol. The fourth-order valence-electron chi connectivity index (χ4n) is 2.13. The van der Waals surface area contributed by atoms with Crippen LogP contribution in [0.25, 0.3) is 11.1 Å². The van der Waals surface area contributed by atoms with E-state index in [0.29, 0.717) is 0 Å². The minimum absolute atomic E-state index is 0.107. The standard InChI is InChI=1S/C13H9NO2/c15-13(16)12-6-11-9(7-14-12)5-8-3-1-2-4-10(8)11/h1-4,6-7H,5H2,(H,15,16). The molecule has 0 spiro atoms. The first kappa shape index (κ1) is 9.09. The fourth-order valence-corrected chi connectivity index (χ4v) is 2.13. The molecule has 2 aromatic rings. The van der Waals surface area contributed by atoms with Crippen LogP contribution >= 0.6 is 0 Å². The molecule has 0 saturated heterocycles. The van der Waals surface area contributed by atoms with Crippen LogP contribution in [-0.4, -0.2) is 16.1 Å². The first-order valence-corrected chi connectivity index (χ1v) is 5.06. The number of fused-ring (bicyclic) bond motifs is 3. The topological polar surface area (TPSA) is 50.2 Å². The fraction of sp³-hybridized carbons (Fsp3) is 0.0769. The number of aromatic nitrogens is 1. The van der Waals surface area contributed by atoms with Crippen LogP contribution in [0.2, 0.25) is 0 Å². The Kier molecular flexibility index (Phi) is 1.80. The maximum Gasteiger partial charge on any atom is 0.354 e. The van der Waals surface area contributed by atoms with E-state index < -0.39 is 5.97 Å². The first-order valence-electron chi connectivity index (χ1n) is 5.06. The van der Waals surface area contributed by atoms with Gasteiger partial charge in [-0.15, -0.1) is 0 Å². The Hall–Kier alpha value is -2.16. The van der Waals surface area contributed by atoms with Gasteiger partial charge in [-0.05, 0) is 28.3 Å². The van der Waals surface area contributed by atoms with Crippen LogP contribution in [-0.2, 0) is 6.42 Å². The number of carboxylic acid groups (broad SMARTS) is 1. The lowest BCUT2D eigenvalue weighted by atomic mass is 10.1. The van der Waals surface area contributed by atoms with E-state index in [4.69, 9.17) is 5.11 Å². The van der Waals surface area contributed by atoms with Crippen molar-refractivity contribution < 1.29 is 9.90 Å². The highest BCUT2D eigenvalue weighted by atomic mass is 16.4. The minimum Gasteiger partial charge on any atom is -0.477 e. The number of carboxylic acids is 1. The number of hydrogen-bond acceptors (Lipinski definition) is 2. The molecule has 0 unspecified atom stereocenters. The van der Waals surface area contributed by atoms with Crippen LogP contribution in [0.3, 0.4) is 0 Å². The summed E-state index contributed by atoms with van der Waals surface area (Å²) in [5.41, 5.74) is 4.58. The molecule has 1 aromatic carbocycles. The van der Waals surface area contributed by atoms with Crippen molar-refractivity contribution in [3.8, 4) is 11.1 Å². The Morgan fingerprint density at radius 2 is 2.00 bits per heavy atom. The summed E-state index contributed by atoms with van der Waals surface area (Å²) in [5.74, 6) is -0.979. The highest BCUT2D eigenvalue weighted by Gasteiger charge is 2.19. The highest BCUT2D eigenvalue weighted by Crippen LogP contribution is 2.35. The molecule has 1 aromatic heterocycles. The molecular formula is C13H9NO2. The van der Waals surface area contributed by atoms with Crippen LogP contribution in [0, 0.1) is 0 Å². The van der Waals surface area contributed by atoms with E-state index in [1.807, 2.05) is 18.2 Å². The lowest BCUT2D eigenvalue weighted by molar-refractivity contribution is 0.0690. The van der Waals surface area contributed by atoms with Gasteiger partial charge >= 0.3 is 5.97 Å². The zero-order chi connectivity index (χ0) is 11.1. The molecule has 0 atom stereocenters. The summed E-state index contributed by atoms with van der Waals surface area (Å²) in [7, 11) is 0. The molecule has 0 bridgehead atoms. The van der Waals surface area contributed by atoms with Gasteiger partial charge in [0, 0.05) is 12.6 Å². The Labute approximate surface area is 92.4 Å². The number of rotatable bonds is 1. The van der Waals surface area contributed by atoms with Crippen LogP contribution in [0.5, 0.6) is 0 Å². The monoisotopic (exact) mass is 211 g/mol. The van der Waals surface area contributed by atoms with Crippen molar-refractivity contribution in [2.75, 3.05) is 0 Å². The van der Waals surface area contributed by atoms with Crippen LogP contribution in [0.4, 0.5) is 0 Å². The molecule has 1 aliphatic carbocycles. The molecule has 1 aliphatic rings. The first-order chi connectivity index (χ1) is 7.75. The molecule has 0 fully saturated rings. The lowest BCUT2D eigenvalue weighted by Gasteiger charge is -2.01. The predicted octanol–water partition coefficient (Wildman–Crippen LogP) is 2.35. The molecule has 78 valence electrons. The smallest absolute Gasteiger partial charge is 0.354 e. The van der Waals surface area contributed by atoms with Crippen molar-refractivity contribution >= 4 is 5.97 Å². The SMILES string of the molecule is O=C(O)c1cc2c(cn1)Cc1ccccc1-2. The van der Waals surface area contributed by atoms with Gasteiger partial charge in [-0.2, -0.15) is 0 Å². The Bertz CT molecular complexity index is 590. The van der Waals surface area contributed by atoms with Gasteiger partial charge in [-0.3, -0.25) is 0 Å². The molecule has 0 saturated carbocycles. The zero-order valence-electron chi connectivity index (χ0n) is 8.47. The van der Waals surface area contributed by atoms with Gasteiger partial charge in [0.15, 0.2) is 0 Å². The van der Waals surface area contributed by atoms with Gasteiger partial charge in [0.2, 0.25) is 0 Å². The summed E-state index contributed by atoms with van der Waals surface area (Å²) < 4.78 is 0. The highest BCUT2D eigenvalue weighted by molar-refractivity contribution is 5.88. The maximum atomic E-state index is 10.9. The normalized spacial score (nSPS) is 12.0. The predicted molar refractivity (Wildman–Crippen MR) is 59.4 cm³/mol. The van der Waals surface area contributed by atoms with Crippen LogP contribution in [0.1, 0.15) is 21.6 Å². The Morgan fingerprint density at radius 3 is 2.81 bits per heavy atom. The number of aromatic carboxylic acids is 1. The third-order valence-electron chi connectivity index (χ3n) is 2.89. The summed E-state index contributed by atoms with van der Waals surface area (Å²) in [6, 6.07) is 9.71. The number of benzene rings is 1. The average Bonchev–Trinajstić information content (AvgIpc) is 2.66. The molecule has 0 amide bonds. The van der Waals surface area contributed by atoms with Crippen LogP contribution < -0.4 is 0 Å². The van der Waals surface area contributed by atoms with Gasteiger partial charge in [-0.25, -0.2) is 9.78 Å². The molecule has 1 N–H and O–H groups in total. The van der Waals surface area contributed by atoms with Crippen molar-refractivity contribution in [2.24, 2.45) is 0 Å². The second kappa shape index (κ2) is 3.17. The summed E-state index contributed by atoms with van der Waals surface area (Å²) in [6.07, 6.45) is 2.51. The molecule has 1 heterocycles. The van der Waals surface area contributed by atoms with E-state index in [9.17, 15) is 4.79 Å². The zero-order valence-corrected chi connectivity index (χ0v) is 8.47. The third-order valence-corrected chi connectivity index (χ3v) is 2.89. The van der Waals surface area contributed by atoms with Gasteiger partial charge in [0.05, 0.1) is 0 Å². The van der Waals surface area contributed by atoms with Crippen molar-refractivity contribution in [3.63, 3.8) is 0 Å². The molecule has 3 nitrogen and oxygen atoms in total. The van der Waals surface area contributed by atoms with Crippen molar-refractivity contribution in [1.29, 1.82) is 0 Å². The molecule has 3 heteroatoms. The molecule has 3 rings (SSSR count).